The highest BCUT2D eigenvalue weighted by Gasteiger charge is 2.07. The van der Waals surface area contributed by atoms with Crippen LogP contribution in [0.4, 0.5) is 0 Å². The van der Waals surface area contributed by atoms with Crippen LogP contribution in [-0.4, -0.2) is 17.7 Å². The van der Waals surface area contributed by atoms with E-state index < -0.39 is 0 Å². The first-order chi connectivity index (χ1) is 6.72. The second kappa shape index (κ2) is 3.67. The number of nitrogens with zero attached hydrogens (tertiary/aromatic N) is 2. The van der Waals surface area contributed by atoms with Gasteiger partial charge in [-0.3, -0.25) is 9.98 Å². The molecule has 0 unspecified atom stereocenters. The molecule has 0 N–H and O–H groups in total. The summed E-state index contributed by atoms with van der Waals surface area (Å²) in [5.41, 5.74) is 1.96. The molecule has 0 fully saturated rings. The Morgan fingerprint density at radius 1 is 1.57 bits per heavy atom. The third-order valence-electron chi connectivity index (χ3n) is 2.06. The summed E-state index contributed by atoms with van der Waals surface area (Å²) in [6, 6.07) is 3.83. The van der Waals surface area contributed by atoms with Crippen LogP contribution in [0.3, 0.4) is 0 Å². The highest BCUT2D eigenvalue weighted by atomic mass is 35.5. The number of hydrogen-bond donors (Lipinski definition) is 0. The maximum atomic E-state index is 6.05. The van der Waals surface area contributed by atoms with E-state index in [1.54, 1.807) is 24.6 Å². The van der Waals surface area contributed by atoms with E-state index in [1.165, 1.54) is 0 Å². The molecular weight excluding hydrogens is 216 g/mol. The molecule has 2 rings (SSSR count). The monoisotopic (exact) mass is 224 g/mol. The van der Waals surface area contributed by atoms with Crippen LogP contribution >= 0.6 is 22.9 Å². The number of thiophene rings is 1. The molecule has 0 aliphatic carbocycles. The third-order valence-corrected chi connectivity index (χ3v) is 3.75. The Hall–Kier alpha value is -0.930. The van der Waals surface area contributed by atoms with Crippen LogP contribution < -0.4 is 0 Å². The number of halogens is 1. The van der Waals surface area contributed by atoms with Crippen molar-refractivity contribution >= 4 is 38.9 Å². The fourth-order valence-electron chi connectivity index (χ4n) is 1.20. The number of pyridine rings is 1. The zero-order valence-corrected chi connectivity index (χ0v) is 9.49. The molecule has 0 bridgehead atoms. The number of rotatable bonds is 1. The van der Waals surface area contributed by atoms with E-state index in [9.17, 15) is 0 Å². The van der Waals surface area contributed by atoms with Gasteiger partial charge >= 0.3 is 0 Å². The molecule has 0 saturated carbocycles. The lowest BCUT2D eigenvalue weighted by molar-refractivity contribution is 1.41. The first kappa shape index (κ1) is 9.62. The third kappa shape index (κ3) is 1.53. The van der Waals surface area contributed by atoms with Crippen LogP contribution in [0.15, 0.2) is 23.3 Å². The van der Waals surface area contributed by atoms with Gasteiger partial charge in [0, 0.05) is 19.0 Å². The molecule has 0 aliphatic heterocycles. The SMILES string of the molecule is CN=C(C)c1cc2nccc(Cl)c2s1. The van der Waals surface area contributed by atoms with Gasteiger partial charge in [0.2, 0.25) is 0 Å². The lowest BCUT2D eigenvalue weighted by Crippen LogP contribution is -1.87. The normalized spacial score (nSPS) is 12.4. The number of hydrogen-bond acceptors (Lipinski definition) is 3. The topological polar surface area (TPSA) is 25.2 Å². The predicted octanol–water partition coefficient (Wildman–Crippen LogP) is 3.39. The van der Waals surface area contributed by atoms with E-state index in [1.807, 2.05) is 19.1 Å². The fourth-order valence-corrected chi connectivity index (χ4v) is 2.48. The largest absolute Gasteiger partial charge is 0.292 e. The van der Waals surface area contributed by atoms with E-state index in [4.69, 9.17) is 11.6 Å². The number of aromatic nitrogens is 1. The Morgan fingerprint density at radius 3 is 3.00 bits per heavy atom. The summed E-state index contributed by atoms with van der Waals surface area (Å²) < 4.78 is 1.03. The first-order valence-electron chi connectivity index (χ1n) is 4.20. The summed E-state index contributed by atoms with van der Waals surface area (Å²) in [6.45, 7) is 1.98. The van der Waals surface area contributed by atoms with Gasteiger partial charge in [-0.25, -0.2) is 0 Å². The van der Waals surface area contributed by atoms with E-state index in [2.05, 4.69) is 9.98 Å². The van der Waals surface area contributed by atoms with Crippen molar-refractivity contribution in [3.05, 3.63) is 28.2 Å². The lowest BCUT2D eigenvalue weighted by atomic mass is 10.3. The molecule has 0 aromatic carbocycles. The Balaban J connectivity index is 2.68. The second-order valence-electron chi connectivity index (χ2n) is 2.93. The molecule has 0 atom stereocenters. The molecule has 0 amide bonds. The fraction of sp³-hybridized carbons (Fsp3) is 0.200. The molecule has 0 saturated heterocycles. The van der Waals surface area contributed by atoms with Crippen LogP contribution in [-0.2, 0) is 0 Å². The van der Waals surface area contributed by atoms with E-state index in [0.717, 1.165) is 25.8 Å². The quantitative estimate of drug-likeness (QED) is 0.682. The van der Waals surface area contributed by atoms with Gasteiger partial charge < -0.3 is 0 Å². The Morgan fingerprint density at radius 2 is 2.36 bits per heavy atom. The maximum absolute atomic E-state index is 6.05. The molecule has 2 nitrogen and oxygen atoms in total. The Labute approximate surface area is 91.3 Å². The van der Waals surface area contributed by atoms with Gasteiger partial charge in [0.05, 0.1) is 20.1 Å². The zero-order chi connectivity index (χ0) is 10.1. The highest BCUT2D eigenvalue weighted by molar-refractivity contribution is 7.21. The van der Waals surface area contributed by atoms with Crippen molar-refractivity contribution in [2.45, 2.75) is 6.92 Å². The van der Waals surface area contributed by atoms with E-state index in [-0.39, 0.29) is 0 Å². The van der Waals surface area contributed by atoms with E-state index in [0.29, 0.717) is 0 Å². The Kier molecular flexibility index (Phi) is 2.52. The average molecular weight is 225 g/mol. The van der Waals surface area contributed by atoms with Crippen molar-refractivity contribution in [3.63, 3.8) is 0 Å². The molecule has 0 radical (unpaired) electrons. The molecule has 2 aromatic heterocycles. The van der Waals surface area contributed by atoms with Crippen molar-refractivity contribution in [1.82, 2.24) is 4.98 Å². The summed E-state index contributed by atoms with van der Waals surface area (Å²) in [7, 11) is 1.79. The van der Waals surface area contributed by atoms with Gasteiger partial charge in [0.15, 0.2) is 0 Å². The summed E-state index contributed by atoms with van der Waals surface area (Å²) >= 11 is 7.68. The van der Waals surface area contributed by atoms with Crippen molar-refractivity contribution in [2.24, 2.45) is 4.99 Å². The van der Waals surface area contributed by atoms with Gasteiger partial charge in [-0.15, -0.1) is 11.3 Å². The minimum absolute atomic E-state index is 0.759. The molecule has 2 heterocycles. The van der Waals surface area contributed by atoms with Crippen LogP contribution in [0.25, 0.3) is 10.2 Å². The summed E-state index contributed by atoms with van der Waals surface area (Å²) in [4.78, 5) is 9.52. The minimum atomic E-state index is 0.759. The minimum Gasteiger partial charge on any atom is -0.292 e. The van der Waals surface area contributed by atoms with Crippen LogP contribution in [0.2, 0.25) is 5.02 Å². The average Bonchev–Trinajstić information content (AvgIpc) is 2.62. The molecule has 4 heteroatoms. The maximum Gasteiger partial charge on any atom is 0.0831 e. The number of fused-ring (bicyclic) bond motifs is 1. The summed E-state index contributed by atoms with van der Waals surface area (Å²) in [5, 5.41) is 0.759. The molecular formula is C10H9ClN2S. The molecule has 2 aromatic rings. The smallest absolute Gasteiger partial charge is 0.0831 e. The van der Waals surface area contributed by atoms with Gasteiger partial charge in [0.25, 0.3) is 0 Å². The standard InChI is InChI=1S/C10H9ClN2S/c1-6(12-2)9-5-8-10(14-9)7(11)3-4-13-8/h3-5H,1-2H3. The van der Waals surface area contributed by atoms with Gasteiger partial charge in [-0.1, -0.05) is 11.6 Å². The van der Waals surface area contributed by atoms with Gasteiger partial charge in [-0.05, 0) is 19.1 Å². The molecule has 72 valence electrons. The van der Waals surface area contributed by atoms with Crippen LogP contribution in [0.1, 0.15) is 11.8 Å². The van der Waals surface area contributed by atoms with Gasteiger partial charge in [-0.2, -0.15) is 0 Å². The predicted molar refractivity (Wildman–Crippen MR) is 62.8 cm³/mol. The van der Waals surface area contributed by atoms with Crippen molar-refractivity contribution in [3.8, 4) is 0 Å². The van der Waals surface area contributed by atoms with Gasteiger partial charge in [0.1, 0.15) is 0 Å². The molecule has 0 spiro atoms. The number of aliphatic imine (C=N–C) groups is 1. The lowest BCUT2D eigenvalue weighted by Gasteiger charge is -1.90. The summed E-state index contributed by atoms with van der Waals surface area (Å²) in [6.07, 6.45) is 1.72. The highest BCUT2D eigenvalue weighted by Crippen LogP contribution is 2.30. The van der Waals surface area contributed by atoms with Crippen molar-refractivity contribution in [2.75, 3.05) is 7.05 Å². The first-order valence-corrected chi connectivity index (χ1v) is 5.39. The second-order valence-corrected chi connectivity index (χ2v) is 4.39. The van der Waals surface area contributed by atoms with Crippen LogP contribution in [0.5, 0.6) is 0 Å². The van der Waals surface area contributed by atoms with E-state index >= 15 is 0 Å². The molecule has 14 heavy (non-hydrogen) atoms. The zero-order valence-electron chi connectivity index (χ0n) is 7.91. The molecule has 0 aliphatic rings. The van der Waals surface area contributed by atoms with Crippen molar-refractivity contribution < 1.29 is 0 Å². The summed E-state index contributed by atoms with van der Waals surface area (Å²) in [5.74, 6) is 0. The van der Waals surface area contributed by atoms with Crippen LogP contribution in [0, 0.1) is 0 Å². The Bertz CT molecular complexity index is 502. The van der Waals surface area contributed by atoms with Crippen molar-refractivity contribution in [1.29, 1.82) is 0 Å².